The molecule has 4 nitrogen and oxygen atoms in total. The molecule has 0 fully saturated rings. The van der Waals surface area contributed by atoms with Gasteiger partial charge in [0.05, 0.1) is 14.2 Å². The van der Waals surface area contributed by atoms with Gasteiger partial charge in [0.1, 0.15) is 0 Å². The van der Waals surface area contributed by atoms with E-state index in [0.717, 1.165) is 26.4 Å². The number of aromatic hydroxyl groups is 2. The van der Waals surface area contributed by atoms with Crippen LogP contribution in [0.1, 0.15) is 11.1 Å². The van der Waals surface area contributed by atoms with E-state index in [4.69, 9.17) is 0 Å². The zero-order chi connectivity index (χ0) is 20.6. The molecule has 27 heavy (non-hydrogen) atoms. The van der Waals surface area contributed by atoms with Crippen LogP contribution in [-0.2, 0) is 5.41 Å². The van der Waals surface area contributed by atoms with Crippen molar-refractivity contribution >= 4 is 0 Å². The normalized spacial score (nSPS) is 12.7. The Bertz CT molecular complexity index is 760. The van der Waals surface area contributed by atoms with E-state index in [9.17, 15) is 36.6 Å². The Kier molecular flexibility index (Phi) is 5.13. The highest BCUT2D eigenvalue weighted by atomic mass is 19.4. The predicted octanol–water partition coefficient (Wildman–Crippen LogP) is 4.53. The van der Waals surface area contributed by atoms with Crippen molar-refractivity contribution in [1.29, 1.82) is 0 Å². The van der Waals surface area contributed by atoms with E-state index in [-0.39, 0.29) is 11.5 Å². The van der Waals surface area contributed by atoms with Crippen molar-refractivity contribution in [3.63, 3.8) is 0 Å². The van der Waals surface area contributed by atoms with E-state index in [0.29, 0.717) is 24.3 Å². The number of phenols is 2. The summed E-state index contributed by atoms with van der Waals surface area (Å²) in [6, 6.07) is 3.37. The zero-order valence-corrected chi connectivity index (χ0v) is 13.9. The molecule has 0 radical (unpaired) electrons. The highest BCUT2D eigenvalue weighted by Gasteiger charge is 2.72. The molecule has 0 unspecified atom stereocenters. The zero-order valence-electron chi connectivity index (χ0n) is 13.9. The van der Waals surface area contributed by atoms with Crippen LogP contribution < -0.4 is 9.47 Å². The van der Waals surface area contributed by atoms with Crippen molar-refractivity contribution in [2.75, 3.05) is 14.2 Å². The second-order valence-electron chi connectivity index (χ2n) is 5.52. The van der Waals surface area contributed by atoms with Gasteiger partial charge in [0, 0.05) is 0 Å². The topological polar surface area (TPSA) is 58.9 Å². The first-order valence-electron chi connectivity index (χ1n) is 7.28. The molecular formula is C17H14F6O4. The summed E-state index contributed by atoms with van der Waals surface area (Å²) in [6.07, 6.45) is -11.7. The van der Waals surface area contributed by atoms with Crippen LogP contribution in [0.2, 0.25) is 0 Å². The fourth-order valence-corrected chi connectivity index (χ4v) is 2.83. The van der Waals surface area contributed by atoms with Crippen LogP contribution in [0.4, 0.5) is 26.3 Å². The van der Waals surface area contributed by atoms with Gasteiger partial charge < -0.3 is 19.7 Å². The average molecular weight is 396 g/mol. The molecule has 0 aromatic heterocycles. The van der Waals surface area contributed by atoms with Crippen LogP contribution in [-0.4, -0.2) is 36.8 Å². The molecule has 2 rings (SSSR count). The van der Waals surface area contributed by atoms with Crippen LogP contribution in [0.15, 0.2) is 36.4 Å². The summed E-state index contributed by atoms with van der Waals surface area (Å²) >= 11 is 0. The molecule has 0 bridgehead atoms. The average Bonchev–Trinajstić information content (AvgIpc) is 2.53. The fraction of sp³-hybridized carbons (Fsp3) is 0.294. The Balaban J connectivity index is 2.92. The van der Waals surface area contributed by atoms with Crippen molar-refractivity contribution in [1.82, 2.24) is 0 Å². The van der Waals surface area contributed by atoms with Crippen molar-refractivity contribution < 1.29 is 46.0 Å². The Morgan fingerprint density at radius 1 is 0.667 bits per heavy atom. The third kappa shape index (κ3) is 3.19. The quantitative estimate of drug-likeness (QED) is 0.746. The van der Waals surface area contributed by atoms with E-state index >= 15 is 0 Å². The smallest absolute Gasteiger partial charge is 0.411 e. The molecule has 148 valence electrons. The minimum absolute atomic E-state index is 0.297. The van der Waals surface area contributed by atoms with Crippen LogP contribution in [0, 0.1) is 0 Å². The van der Waals surface area contributed by atoms with Crippen LogP contribution in [0.25, 0.3) is 0 Å². The van der Waals surface area contributed by atoms with Crippen LogP contribution in [0.3, 0.4) is 0 Å². The largest absolute Gasteiger partial charge is 0.504 e. The van der Waals surface area contributed by atoms with Gasteiger partial charge in [-0.05, 0) is 35.4 Å². The van der Waals surface area contributed by atoms with E-state index in [1.807, 2.05) is 0 Å². The van der Waals surface area contributed by atoms with Crippen molar-refractivity contribution in [2.45, 2.75) is 17.8 Å². The maximum Gasteiger partial charge on any atom is 0.411 e. The van der Waals surface area contributed by atoms with Gasteiger partial charge in [-0.3, -0.25) is 0 Å². The molecule has 2 N–H and O–H groups in total. The van der Waals surface area contributed by atoms with Crippen molar-refractivity contribution in [3.05, 3.63) is 47.5 Å². The lowest BCUT2D eigenvalue weighted by Gasteiger charge is -2.38. The summed E-state index contributed by atoms with van der Waals surface area (Å²) in [6.45, 7) is 0. The van der Waals surface area contributed by atoms with Gasteiger partial charge >= 0.3 is 12.4 Å². The number of alkyl halides is 6. The van der Waals surface area contributed by atoms with E-state index in [2.05, 4.69) is 9.47 Å². The number of hydrogen-bond donors (Lipinski definition) is 2. The van der Waals surface area contributed by atoms with Crippen molar-refractivity contribution in [2.24, 2.45) is 0 Å². The molecule has 0 atom stereocenters. The van der Waals surface area contributed by atoms with Gasteiger partial charge in [0.25, 0.3) is 0 Å². The molecule has 10 heteroatoms. The van der Waals surface area contributed by atoms with Crippen LogP contribution >= 0.6 is 0 Å². The summed E-state index contributed by atoms with van der Waals surface area (Å²) in [5.41, 5.74) is -7.08. The minimum Gasteiger partial charge on any atom is -0.504 e. The number of ether oxygens (including phenoxy) is 2. The Labute approximate surface area is 149 Å². The summed E-state index contributed by atoms with van der Waals surface area (Å²) in [4.78, 5) is 0. The Hall–Kier alpha value is -2.78. The summed E-state index contributed by atoms with van der Waals surface area (Å²) < 4.78 is 92.9. The van der Waals surface area contributed by atoms with Gasteiger partial charge in [0.2, 0.25) is 5.41 Å². The number of halogens is 6. The highest BCUT2D eigenvalue weighted by molar-refractivity contribution is 5.53. The summed E-state index contributed by atoms with van der Waals surface area (Å²) in [7, 11) is 2.19. The predicted molar refractivity (Wildman–Crippen MR) is 82.2 cm³/mol. The molecule has 2 aromatic carbocycles. The number of phenolic OH excluding ortho intramolecular Hbond substituents is 2. The van der Waals surface area contributed by atoms with Gasteiger partial charge in [-0.2, -0.15) is 26.3 Å². The number of hydrogen-bond acceptors (Lipinski definition) is 4. The summed E-state index contributed by atoms with van der Waals surface area (Å²) in [5.74, 6) is -2.39. The maximum atomic E-state index is 13.9. The first-order chi connectivity index (χ1) is 12.4. The second-order valence-corrected chi connectivity index (χ2v) is 5.52. The monoisotopic (exact) mass is 396 g/mol. The Morgan fingerprint density at radius 2 is 1.00 bits per heavy atom. The first kappa shape index (κ1) is 20.5. The third-order valence-electron chi connectivity index (χ3n) is 4.07. The van der Waals surface area contributed by atoms with E-state index < -0.39 is 40.4 Å². The molecule has 0 saturated heterocycles. The van der Waals surface area contributed by atoms with Crippen LogP contribution in [0.5, 0.6) is 23.0 Å². The maximum absolute atomic E-state index is 13.9. The first-order valence-corrected chi connectivity index (χ1v) is 7.28. The molecule has 0 aliphatic heterocycles. The van der Waals surface area contributed by atoms with Gasteiger partial charge in [-0.15, -0.1) is 0 Å². The number of benzene rings is 2. The molecule has 2 aromatic rings. The number of methoxy groups -OCH3 is 2. The molecule has 0 heterocycles. The lowest BCUT2D eigenvalue weighted by atomic mass is 9.72. The fourth-order valence-electron chi connectivity index (χ4n) is 2.83. The molecule has 0 aliphatic rings. The van der Waals surface area contributed by atoms with Gasteiger partial charge in [-0.1, -0.05) is 12.1 Å². The lowest BCUT2D eigenvalue weighted by molar-refractivity contribution is -0.288. The number of rotatable bonds is 4. The van der Waals surface area contributed by atoms with Gasteiger partial charge in [-0.25, -0.2) is 0 Å². The summed E-state index contributed by atoms with van der Waals surface area (Å²) in [5, 5.41) is 19.5. The molecule has 0 aliphatic carbocycles. The van der Waals surface area contributed by atoms with E-state index in [1.165, 1.54) is 0 Å². The molecular weight excluding hydrogens is 382 g/mol. The van der Waals surface area contributed by atoms with Crippen molar-refractivity contribution in [3.8, 4) is 23.0 Å². The molecule has 0 spiro atoms. The minimum atomic E-state index is -5.85. The third-order valence-corrected chi connectivity index (χ3v) is 4.07. The second kappa shape index (κ2) is 6.75. The Morgan fingerprint density at radius 3 is 1.22 bits per heavy atom. The SMILES string of the molecule is COc1ccc(C(c2ccc(OC)c(O)c2)(C(F)(F)F)C(F)(F)F)cc1O. The molecule has 0 saturated carbocycles. The lowest BCUT2D eigenvalue weighted by Crippen LogP contribution is -2.54. The standard InChI is InChI=1S/C17H14F6O4/c1-26-13-5-3-9(7-11(13)24)15(16(18,19)20,17(21,22)23)10-4-6-14(27-2)12(25)8-10/h3-8,24-25H,1-2H3. The van der Waals surface area contributed by atoms with E-state index in [1.54, 1.807) is 0 Å². The molecule has 0 amide bonds. The van der Waals surface area contributed by atoms with Gasteiger partial charge in [0.15, 0.2) is 23.0 Å². The highest BCUT2D eigenvalue weighted by Crippen LogP contribution is 2.57.